The summed E-state index contributed by atoms with van der Waals surface area (Å²) in [5.74, 6) is -1.58. The molecule has 0 spiro atoms. The van der Waals surface area contributed by atoms with Gasteiger partial charge in [0.15, 0.2) is 0 Å². The molecule has 6 nitrogen and oxygen atoms in total. The second kappa shape index (κ2) is 6.48. The second-order valence-electron chi connectivity index (χ2n) is 5.18. The number of nitrogens with one attached hydrogen (secondary N) is 1. The van der Waals surface area contributed by atoms with Crippen LogP contribution in [0.25, 0.3) is 10.8 Å². The lowest BCUT2D eigenvalue weighted by molar-refractivity contribution is -0.159. The van der Waals surface area contributed by atoms with E-state index in [0.717, 1.165) is 10.8 Å². The minimum absolute atomic E-state index is 0.250. The molecule has 0 radical (unpaired) electrons. The van der Waals surface area contributed by atoms with Gasteiger partial charge in [0.1, 0.15) is 6.54 Å². The standard InChI is InChI=1S/C17H15NO5/c19-15(23-14-7-8-22-17(14)21)10-18-16(20)13-6-5-11-3-1-2-4-12(11)9-13/h1-6,9,14H,7-8,10H2,(H,18,20)/t14-/m0/s1. The maximum atomic E-state index is 12.1. The molecule has 1 N–H and O–H groups in total. The van der Waals surface area contributed by atoms with Gasteiger partial charge in [-0.15, -0.1) is 0 Å². The maximum absolute atomic E-state index is 12.1. The number of cyclic esters (lactones) is 1. The smallest absolute Gasteiger partial charge is 0.347 e. The van der Waals surface area contributed by atoms with Crippen molar-refractivity contribution in [3.63, 3.8) is 0 Å². The van der Waals surface area contributed by atoms with Crippen LogP contribution in [0.5, 0.6) is 0 Å². The van der Waals surface area contributed by atoms with Crippen molar-refractivity contribution in [1.29, 1.82) is 0 Å². The van der Waals surface area contributed by atoms with Crippen LogP contribution in [0.1, 0.15) is 16.8 Å². The molecule has 1 saturated heterocycles. The van der Waals surface area contributed by atoms with Crippen molar-refractivity contribution >= 4 is 28.6 Å². The molecule has 1 atom stereocenters. The Hall–Kier alpha value is -2.89. The Balaban J connectivity index is 1.57. The second-order valence-corrected chi connectivity index (χ2v) is 5.18. The van der Waals surface area contributed by atoms with Crippen molar-refractivity contribution in [2.75, 3.05) is 13.2 Å². The average Bonchev–Trinajstić information content (AvgIpc) is 2.97. The predicted molar refractivity (Wildman–Crippen MR) is 81.7 cm³/mol. The molecular formula is C17H15NO5. The van der Waals surface area contributed by atoms with Gasteiger partial charge in [-0.3, -0.25) is 9.59 Å². The van der Waals surface area contributed by atoms with E-state index < -0.39 is 18.0 Å². The van der Waals surface area contributed by atoms with E-state index in [1.165, 1.54) is 0 Å². The number of ether oxygens (including phenoxy) is 2. The van der Waals surface area contributed by atoms with Crippen LogP contribution in [0.3, 0.4) is 0 Å². The number of carbonyl (C=O) groups is 3. The van der Waals surface area contributed by atoms with E-state index in [4.69, 9.17) is 9.47 Å². The molecule has 1 heterocycles. The van der Waals surface area contributed by atoms with Crippen LogP contribution in [-0.4, -0.2) is 37.1 Å². The third kappa shape index (κ3) is 3.48. The van der Waals surface area contributed by atoms with Crippen molar-refractivity contribution in [3.05, 3.63) is 48.0 Å². The Morgan fingerprint density at radius 2 is 1.96 bits per heavy atom. The number of benzene rings is 2. The Bertz CT molecular complexity index is 770. The summed E-state index contributed by atoms with van der Waals surface area (Å²) in [5.41, 5.74) is 0.455. The number of fused-ring (bicyclic) bond motifs is 1. The largest absolute Gasteiger partial charge is 0.463 e. The normalized spacial score (nSPS) is 16.9. The monoisotopic (exact) mass is 313 g/mol. The molecule has 1 aliphatic heterocycles. The number of hydrogen-bond acceptors (Lipinski definition) is 5. The average molecular weight is 313 g/mol. The van der Waals surface area contributed by atoms with E-state index in [1.54, 1.807) is 12.1 Å². The Morgan fingerprint density at radius 1 is 1.17 bits per heavy atom. The first-order chi connectivity index (χ1) is 11.1. The lowest BCUT2D eigenvalue weighted by Crippen LogP contribution is -2.33. The third-order valence-electron chi connectivity index (χ3n) is 3.57. The van der Waals surface area contributed by atoms with Crippen molar-refractivity contribution in [2.45, 2.75) is 12.5 Å². The van der Waals surface area contributed by atoms with Gasteiger partial charge in [-0.2, -0.15) is 0 Å². The Kier molecular flexibility index (Phi) is 4.23. The van der Waals surface area contributed by atoms with E-state index in [-0.39, 0.29) is 19.1 Å². The first-order valence-electron chi connectivity index (χ1n) is 7.26. The first-order valence-corrected chi connectivity index (χ1v) is 7.26. The summed E-state index contributed by atoms with van der Waals surface area (Å²) in [7, 11) is 0. The molecular weight excluding hydrogens is 298 g/mol. The van der Waals surface area contributed by atoms with Gasteiger partial charge in [-0.25, -0.2) is 4.79 Å². The summed E-state index contributed by atoms with van der Waals surface area (Å²) in [4.78, 5) is 34.9. The molecule has 23 heavy (non-hydrogen) atoms. The lowest BCUT2D eigenvalue weighted by atomic mass is 10.1. The highest BCUT2D eigenvalue weighted by atomic mass is 16.6. The van der Waals surface area contributed by atoms with Crippen molar-refractivity contribution in [1.82, 2.24) is 5.32 Å². The number of amides is 1. The fourth-order valence-electron chi connectivity index (χ4n) is 2.37. The molecule has 2 aromatic carbocycles. The SMILES string of the molecule is O=C(CNC(=O)c1ccc2ccccc2c1)O[C@H]1CCOC1=O. The van der Waals surface area contributed by atoms with Gasteiger partial charge in [0.25, 0.3) is 5.91 Å². The zero-order valence-corrected chi connectivity index (χ0v) is 12.3. The number of esters is 2. The van der Waals surface area contributed by atoms with E-state index >= 15 is 0 Å². The topological polar surface area (TPSA) is 81.7 Å². The quantitative estimate of drug-likeness (QED) is 0.864. The van der Waals surface area contributed by atoms with Gasteiger partial charge in [-0.05, 0) is 22.9 Å². The van der Waals surface area contributed by atoms with E-state index in [0.29, 0.717) is 12.0 Å². The molecule has 0 unspecified atom stereocenters. The van der Waals surface area contributed by atoms with Gasteiger partial charge in [0, 0.05) is 12.0 Å². The molecule has 118 valence electrons. The van der Waals surface area contributed by atoms with Gasteiger partial charge in [0.05, 0.1) is 6.61 Å². The molecule has 1 fully saturated rings. The zero-order chi connectivity index (χ0) is 16.2. The molecule has 3 rings (SSSR count). The number of carbonyl (C=O) groups excluding carboxylic acids is 3. The van der Waals surface area contributed by atoms with Crippen LogP contribution in [0.15, 0.2) is 42.5 Å². The molecule has 0 aliphatic carbocycles. The summed E-state index contributed by atoms with van der Waals surface area (Å²) >= 11 is 0. The van der Waals surface area contributed by atoms with Crippen LogP contribution in [0.4, 0.5) is 0 Å². The Morgan fingerprint density at radius 3 is 2.70 bits per heavy atom. The molecule has 2 aromatic rings. The maximum Gasteiger partial charge on any atom is 0.347 e. The minimum Gasteiger partial charge on any atom is -0.463 e. The molecule has 0 aromatic heterocycles. The van der Waals surface area contributed by atoms with Gasteiger partial charge in [0.2, 0.25) is 6.10 Å². The highest BCUT2D eigenvalue weighted by Gasteiger charge is 2.30. The van der Waals surface area contributed by atoms with Crippen molar-refractivity contribution in [2.24, 2.45) is 0 Å². The number of hydrogen-bond donors (Lipinski definition) is 1. The van der Waals surface area contributed by atoms with E-state index in [1.807, 2.05) is 30.3 Å². The van der Waals surface area contributed by atoms with Crippen LogP contribution < -0.4 is 5.32 Å². The summed E-state index contributed by atoms with van der Waals surface area (Å²) in [6.45, 7) is -0.0460. The van der Waals surface area contributed by atoms with Gasteiger partial charge < -0.3 is 14.8 Å². The Labute approximate surface area is 132 Å². The fraction of sp³-hybridized carbons (Fsp3) is 0.235. The lowest BCUT2D eigenvalue weighted by Gasteiger charge is -2.09. The summed E-state index contributed by atoms with van der Waals surface area (Å²) < 4.78 is 9.65. The molecule has 1 amide bonds. The summed E-state index contributed by atoms with van der Waals surface area (Å²) in [6.07, 6.45) is -0.511. The van der Waals surface area contributed by atoms with Crippen LogP contribution in [-0.2, 0) is 19.1 Å². The summed E-state index contributed by atoms with van der Waals surface area (Å²) in [6, 6.07) is 13.0. The first kappa shape index (κ1) is 15.0. The molecule has 6 heteroatoms. The third-order valence-corrected chi connectivity index (χ3v) is 3.57. The summed E-state index contributed by atoms with van der Waals surface area (Å²) in [5, 5.41) is 4.46. The van der Waals surface area contributed by atoms with Crippen molar-refractivity contribution in [3.8, 4) is 0 Å². The number of rotatable bonds is 4. The predicted octanol–water partition coefficient (Wildman–Crippen LogP) is 1.43. The van der Waals surface area contributed by atoms with Crippen LogP contribution in [0, 0.1) is 0 Å². The zero-order valence-electron chi connectivity index (χ0n) is 12.3. The highest BCUT2D eigenvalue weighted by molar-refractivity contribution is 5.99. The van der Waals surface area contributed by atoms with Gasteiger partial charge in [-0.1, -0.05) is 30.3 Å². The van der Waals surface area contributed by atoms with Gasteiger partial charge >= 0.3 is 11.9 Å². The van der Waals surface area contributed by atoms with E-state index in [9.17, 15) is 14.4 Å². The van der Waals surface area contributed by atoms with E-state index in [2.05, 4.69) is 5.32 Å². The fourth-order valence-corrected chi connectivity index (χ4v) is 2.37. The van der Waals surface area contributed by atoms with Crippen molar-refractivity contribution < 1.29 is 23.9 Å². The highest BCUT2D eigenvalue weighted by Crippen LogP contribution is 2.15. The van der Waals surface area contributed by atoms with Crippen LogP contribution >= 0.6 is 0 Å². The molecule has 1 aliphatic rings. The molecule has 0 bridgehead atoms. The minimum atomic E-state index is -0.861. The van der Waals surface area contributed by atoms with Crippen LogP contribution in [0.2, 0.25) is 0 Å². The molecule has 0 saturated carbocycles.